The fraction of sp³-hybridized carbons (Fsp3) is 0.174. The van der Waals surface area contributed by atoms with Crippen molar-refractivity contribution in [1.82, 2.24) is 20.3 Å². The van der Waals surface area contributed by atoms with Crippen LogP contribution < -0.4 is 19.5 Å². The molecule has 164 valence electrons. The molecule has 3 aromatic carbocycles. The van der Waals surface area contributed by atoms with Crippen molar-refractivity contribution < 1.29 is 23.4 Å². The topological polar surface area (TPSA) is 87.5 Å². The zero-order valence-corrected chi connectivity index (χ0v) is 17.7. The molecule has 4 rings (SSSR count). The number of hydrogen-bond donors (Lipinski definition) is 1. The van der Waals surface area contributed by atoms with Crippen LogP contribution in [0.2, 0.25) is 0 Å². The lowest BCUT2D eigenvalue weighted by atomic mass is 10.1. The third-order valence-electron chi connectivity index (χ3n) is 5.00. The number of ether oxygens (including phenoxy) is 3. The molecule has 0 unspecified atom stereocenters. The van der Waals surface area contributed by atoms with E-state index in [-0.39, 0.29) is 11.4 Å². The van der Waals surface area contributed by atoms with E-state index in [4.69, 9.17) is 14.2 Å². The van der Waals surface area contributed by atoms with Crippen LogP contribution in [-0.2, 0) is 0 Å². The summed E-state index contributed by atoms with van der Waals surface area (Å²) in [4.78, 5) is 13.3. The van der Waals surface area contributed by atoms with Gasteiger partial charge in [0.1, 0.15) is 11.3 Å². The van der Waals surface area contributed by atoms with Gasteiger partial charge in [-0.15, -0.1) is 5.10 Å². The van der Waals surface area contributed by atoms with Gasteiger partial charge in [-0.1, -0.05) is 29.5 Å². The van der Waals surface area contributed by atoms with Gasteiger partial charge in [-0.25, -0.2) is 9.07 Å². The van der Waals surface area contributed by atoms with Gasteiger partial charge in [-0.05, 0) is 42.0 Å². The summed E-state index contributed by atoms with van der Waals surface area (Å²) in [6, 6.07) is 16.3. The number of carbonyl (C=O) groups is 1. The summed E-state index contributed by atoms with van der Waals surface area (Å²) in [5.41, 5.74) is 2.30. The van der Waals surface area contributed by atoms with Crippen molar-refractivity contribution >= 4 is 16.9 Å². The first-order valence-corrected chi connectivity index (χ1v) is 9.72. The molecule has 4 aromatic rings. The van der Waals surface area contributed by atoms with Gasteiger partial charge >= 0.3 is 0 Å². The molecule has 0 spiro atoms. The second kappa shape index (κ2) is 8.93. The number of para-hydroxylation sites is 1. The van der Waals surface area contributed by atoms with Gasteiger partial charge in [-0.3, -0.25) is 4.79 Å². The van der Waals surface area contributed by atoms with E-state index in [0.717, 1.165) is 0 Å². The van der Waals surface area contributed by atoms with Crippen LogP contribution >= 0.6 is 0 Å². The highest BCUT2D eigenvalue weighted by Crippen LogP contribution is 2.38. The fourth-order valence-corrected chi connectivity index (χ4v) is 3.43. The van der Waals surface area contributed by atoms with E-state index >= 15 is 0 Å². The minimum absolute atomic E-state index is 0.288. The van der Waals surface area contributed by atoms with E-state index < -0.39 is 12.1 Å². The van der Waals surface area contributed by atoms with Crippen molar-refractivity contribution in [3.63, 3.8) is 0 Å². The van der Waals surface area contributed by atoms with Gasteiger partial charge in [0.2, 0.25) is 5.75 Å². The van der Waals surface area contributed by atoms with Crippen molar-refractivity contribution in [3.8, 4) is 17.2 Å². The Kier molecular flexibility index (Phi) is 5.89. The Balaban J connectivity index is 1.76. The Morgan fingerprint density at radius 2 is 1.62 bits per heavy atom. The van der Waals surface area contributed by atoms with Gasteiger partial charge in [0.05, 0.1) is 26.8 Å². The van der Waals surface area contributed by atoms with Gasteiger partial charge in [0.15, 0.2) is 17.7 Å². The Bertz CT molecular complexity index is 1230. The van der Waals surface area contributed by atoms with E-state index in [1.54, 1.807) is 28.9 Å². The molecule has 32 heavy (non-hydrogen) atoms. The highest BCUT2D eigenvalue weighted by Gasteiger charge is 2.23. The first-order valence-electron chi connectivity index (χ1n) is 9.72. The molecule has 0 aliphatic heterocycles. The summed E-state index contributed by atoms with van der Waals surface area (Å²) < 4.78 is 31.1. The van der Waals surface area contributed by atoms with Crippen LogP contribution in [0.1, 0.15) is 22.1 Å². The molecule has 9 heteroatoms. The van der Waals surface area contributed by atoms with Crippen molar-refractivity contribution in [2.75, 3.05) is 21.3 Å². The Hall–Kier alpha value is -4.14. The lowest BCUT2D eigenvalue weighted by Crippen LogP contribution is -2.34. The van der Waals surface area contributed by atoms with Crippen LogP contribution in [0.25, 0.3) is 11.0 Å². The maximum Gasteiger partial charge on any atom is 0.253 e. The largest absolute Gasteiger partial charge is 0.493 e. The number of hydrogen-bond acceptors (Lipinski definition) is 6. The monoisotopic (exact) mass is 436 g/mol. The van der Waals surface area contributed by atoms with E-state index in [0.29, 0.717) is 33.8 Å². The molecule has 0 aliphatic rings. The summed E-state index contributed by atoms with van der Waals surface area (Å²) in [6.45, 7) is 0. The minimum atomic E-state index is -0.741. The molecular weight excluding hydrogens is 415 g/mol. The minimum Gasteiger partial charge on any atom is -0.493 e. The molecule has 8 nitrogen and oxygen atoms in total. The molecule has 1 N–H and O–H groups in total. The number of aromatic nitrogens is 3. The summed E-state index contributed by atoms with van der Waals surface area (Å²) in [6.07, 6.45) is -0.741. The highest BCUT2D eigenvalue weighted by atomic mass is 19.1. The summed E-state index contributed by atoms with van der Waals surface area (Å²) >= 11 is 0. The molecule has 0 bridgehead atoms. The summed E-state index contributed by atoms with van der Waals surface area (Å²) in [5, 5.41) is 11.3. The van der Waals surface area contributed by atoms with Crippen molar-refractivity contribution in [3.05, 3.63) is 77.6 Å². The normalized spacial score (nSPS) is 11.8. The second-order valence-electron chi connectivity index (χ2n) is 6.86. The predicted octanol–water partition coefficient (Wildman–Crippen LogP) is 3.57. The van der Waals surface area contributed by atoms with E-state index in [1.165, 1.54) is 33.5 Å². The van der Waals surface area contributed by atoms with E-state index in [2.05, 4.69) is 15.6 Å². The number of nitrogens with one attached hydrogen (secondary N) is 1. The summed E-state index contributed by atoms with van der Waals surface area (Å²) in [5.74, 6) is 0.275. The highest BCUT2D eigenvalue weighted by molar-refractivity contribution is 5.96. The Morgan fingerprint density at radius 1 is 0.969 bits per heavy atom. The molecular formula is C23H21FN4O4. The molecule has 1 atom stereocenters. The smallest absolute Gasteiger partial charge is 0.253 e. The Labute approximate surface area is 183 Å². The number of halogens is 1. The number of rotatable bonds is 7. The van der Waals surface area contributed by atoms with E-state index in [1.807, 2.05) is 24.3 Å². The number of nitrogens with zero attached hydrogens (tertiary/aromatic N) is 3. The van der Waals surface area contributed by atoms with E-state index in [9.17, 15) is 9.18 Å². The van der Waals surface area contributed by atoms with Crippen molar-refractivity contribution in [2.24, 2.45) is 0 Å². The average Bonchev–Trinajstić information content (AvgIpc) is 3.26. The van der Waals surface area contributed by atoms with Crippen molar-refractivity contribution in [1.29, 1.82) is 0 Å². The number of amides is 1. The van der Waals surface area contributed by atoms with Gasteiger partial charge in [0, 0.05) is 5.56 Å². The Morgan fingerprint density at radius 3 is 2.25 bits per heavy atom. The lowest BCUT2D eigenvalue weighted by Gasteiger charge is -2.21. The SMILES string of the molecule is COc1cc(C(=O)N[C@@H](c2ccc(F)cc2)n2nnc3ccccc32)cc(OC)c1OC. The fourth-order valence-electron chi connectivity index (χ4n) is 3.43. The van der Waals surface area contributed by atoms with Crippen LogP contribution in [0.3, 0.4) is 0 Å². The number of fused-ring (bicyclic) bond motifs is 1. The first-order chi connectivity index (χ1) is 15.5. The molecule has 1 aromatic heterocycles. The van der Waals surface area contributed by atoms with Gasteiger partial charge in [-0.2, -0.15) is 0 Å². The standard InChI is InChI=1S/C23H21FN4O4/c1-30-19-12-15(13-20(31-2)21(19)32-3)23(29)25-22(14-8-10-16(24)11-9-14)28-18-7-5-4-6-17(18)26-27-28/h4-13,22H,1-3H3,(H,25,29)/t22-/m1/s1. The maximum absolute atomic E-state index is 13.5. The van der Waals surface area contributed by atoms with Crippen LogP contribution in [0.4, 0.5) is 4.39 Å². The second-order valence-corrected chi connectivity index (χ2v) is 6.86. The van der Waals surface area contributed by atoms with Crippen LogP contribution in [0.5, 0.6) is 17.2 Å². The zero-order chi connectivity index (χ0) is 22.7. The average molecular weight is 436 g/mol. The predicted molar refractivity (Wildman–Crippen MR) is 116 cm³/mol. The van der Waals surface area contributed by atoms with Crippen LogP contribution in [-0.4, -0.2) is 42.2 Å². The number of methoxy groups -OCH3 is 3. The van der Waals surface area contributed by atoms with Crippen molar-refractivity contribution in [2.45, 2.75) is 6.17 Å². The third kappa shape index (κ3) is 3.92. The molecule has 0 radical (unpaired) electrons. The maximum atomic E-state index is 13.5. The molecule has 0 fully saturated rings. The lowest BCUT2D eigenvalue weighted by molar-refractivity contribution is 0.0927. The van der Waals surface area contributed by atoms with Gasteiger partial charge in [0.25, 0.3) is 5.91 Å². The molecule has 0 aliphatic carbocycles. The summed E-state index contributed by atoms with van der Waals surface area (Å²) in [7, 11) is 4.43. The quantitative estimate of drug-likeness (QED) is 0.477. The zero-order valence-electron chi connectivity index (χ0n) is 17.7. The molecule has 1 amide bonds. The third-order valence-corrected chi connectivity index (χ3v) is 5.00. The molecule has 0 saturated carbocycles. The van der Waals surface area contributed by atoms with Gasteiger partial charge < -0.3 is 19.5 Å². The number of benzene rings is 3. The van der Waals surface area contributed by atoms with Crippen LogP contribution in [0.15, 0.2) is 60.7 Å². The first kappa shape index (κ1) is 21.1. The van der Waals surface area contributed by atoms with Crippen LogP contribution in [0, 0.1) is 5.82 Å². The number of carbonyl (C=O) groups excluding carboxylic acids is 1. The molecule has 1 heterocycles. The molecule has 0 saturated heterocycles.